The minimum absolute atomic E-state index is 0.0381. The number of rotatable bonds is 5. The minimum Gasteiger partial charge on any atom is -0.388 e. The molecule has 110 valence electrons. The third-order valence-corrected chi connectivity index (χ3v) is 3.49. The summed E-state index contributed by atoms with van der Waals surface area (Å²) in [6.45, 7) is 7.38. The van der Waals surface area contributed by atoms with E-state index in [-0.39, 0.29) is 24.2 Å². The fourth-order valence-corrected chi connectivity index (χ4v) is 1.53. The molecule has 1 amide bonds. The fourth-order valence-electron chi connectivity index (χ4n) is 1.53. The summed E-state index contributed by atoms with van der Waals surface area (Å²) in [7, 11) is 0. The van der Waals surface area contributed by atoms with Gasteiger partial charge in [-0.25, -0.2) is 4.39 Å². The molecule has 1 aromatic carbocycles. The molecular weight excluding hydrogens is 257 g/mol. The van der Waals surface area contributed by atoms with Crippen LogP contribution < -0.4 is 5.32 Å². The van der Waals surface area contributed by atoms with Gasteiger partial charge in [-0.15, -0.1) is 0 Å². The average molecular weight is 279 g/mol. The van der Waals surface area contributed by atoms with Gasteiger partial charge in [-0.3, -0.25) is 4.79 Å². The van der Waals surface area contributed by atoms with Gasteiger partial charge in [0.25, 0.3) is 0 Å². The van der Waals surface area contributed by atoms with Crippen molar-refractivity contribution >= 4 is 11.5 Å². The highest BCUT2D eigenvalue weighted by atomic mass is 19.1. The summed E-state index contributed by atoms with van der Waals surface area (Å²) in [4.78, 5) is 11.8. The summed E-state index contributed by atoms with van der Waals surface area (Å²) in [6, 6.07) is 6.08. The fraction of sp³-hybridized carbons (Fsp3) is 0.438. The van der Waals surface area contributed by atoms with E-state index in [1.807, 2.05) is 13.8 Å². The Bertz CT molecular complexity index is 507. The van der Waals surface area contributed by atoms with Crippen LogP contribution in [-0.4, -0.2) is 23.2 Å². The topological polar surface area (TPSA) is 49.3 Å². The normalized spacial score (nSPS) is 15.1. The molecule has 0 aliphatic carbocycles. The van der Waals surface area contributed by atoms with E-state index in [0.717, 1.165) is 0 Å². The van der Waals surface area contributed by atoms with Gasteiger partial charge in [0.05, 0.1) is 5.60 Å². The second-order valence-electron chi connectivity index (χ2n) is 5.57. The first-order valence-corrected chi connectivity index (χ1v) is 6.67. The Balaban J connectivity index is 2.68. The highest BCUT2D eigenvalue weighted by Crippen LogP contribution is 2.16. The smallest absolute Gasteiger partial charge is 0.244 e. The van der Waals surface area contributed by atoms with Crippen LogP contribution in [0.2, 0.25) is 0 Å². The number of carbonyl (C=O) groups excluding carboxylic acids is 1. The van der Waals surface area contributed by atoms with E-state index >= 15 is 0 Å². The Morgan fingerprint density at radius 2 is 2.15 bits per heavy atom. The van der Waals surface area contributed by atoms with Crippen molar-refractivity contribution in [3.05, 3.63) is 41.7 Å². The zero-order valence-corrected chi connectivity index (χ0v) is 12.4. The molecular formula is C16H22FNO2. The number of hydrogen-bond donors (Lipinski definition) is 2. The first-order valence-electron chi connectivity index (χ1n) is 6.67. The Morgan fingerprint density at radius 3 is 2.70 bits per heavy atom. The van der Waals surface area contributed by atoms with Gasteiger partial charge < -0.3 is 10.4 Å². The van der Waals surface area contributed by atoms with Gasteiger partial charge in [0.1, 0.15) is 5.82 Å². The molecule has 0 bridgehead atoms. The standard InChI is InChI=1S/C16H22FNO2/c1-11(2)16(4,20)10-18-15(19)8-12(3)13-6-5-7-14(17)9-13/h5-9,11,20H,10H2,1-4H3,(H,18,19). The molecule has 20 heavy (non-hydrogen) atoms. The Kier molecular flexibility index (Phi) is 5.45. The maximum absolute atomic E-state index is 13.1. The maximum atomic E-state index is 13.1. The van der Waals surface area contributed by atoms with E-state index in [1.165, 1.54) is 18.2 Å². The Morgan fingerprint density at radius 1 is 1.50 bits per heavy atom. The van der Waals surface area contributed by atoms with Crippen LogP contribution in [0.4, 0.5) is 4.39 Å². The molecule has 0 heterocycles. The number of aliphatic hydroxyl groups is 1. The Labute approximate surface area is 119 Å². The lowest BCUT2D eigenvalue weighted by Gasteiger charge is -2.27. The molecule has 0 saturated carbocycles. The maximum Gasteiger partial charge on any atom is 0.244 e. The van der Waals surface area contributed by atoms with E-state index in [4.69, 9.17) is 0 Å². The van der Waals surface area contributed by atoms with Gasteiger partial charge in [-0.05, 0) is 43.0 Å². The van der Waals surface area contributed by atoms with Gasteiger partial charge >= 0.3 is 0 Å². The molecule has 0 fully saturated rings. The van der Waals surface area contributed by atoms with Crippen LogP contribution in [0, 0.1) is 11.7 Å². The zero-order valence-electron chi connectivity index (χ0n) is 12.4. The van der Waals surface area contributed by atoms with Gasteiger partial charge in [-0.2, -0.15) is 0 Å². The third kappa shape index (κ3) is 4.78. The Hall–Kier alpha value is -1.68. The monoisotopic (exact) mass is 279 g/mol. The summed E-state index contributed by atoms with van der Waals surface area (Å²) in [5.41, 5.74) is 0.387. The number of benzene rings is 1. The highest BCUT2D eigenvalue weighted by Gasteiger charge is 2.24. The van der Waals surface area contributed by atoms with Crippen LogP contribution in [0.3, 0.4) is 0 Å². The number of nitrogens with one attached hydrogen (secondary N) is 1. The van der Waals surface area contributed by atoms with Crippen molar-refractivity contribution in [1.82, 2.24) is 5.32 Å². The van der Waals surface area contributed by atoms with Crippen molar-refractivity contribution in [3.63, 3.8) is 0 Å². The van der Waals surface area contributed by atoms with Crippen LogP contribution in [0.25, 0.3) is 5.57 Å². The first kappa shape index (κ1) is 16.4. The number of allylic oxidation sites excluding steroid dienone is 1. The molecule has 3 nitrogen and oxygen atoms in total. The molecule has 1 rings (SSSR count). The van der Waals surface area contributed by atoms with E-state index in [1.54, 1.807) is 26.0 Å². The quantitative estimate of drug-likeness (QED) is 0.814. The van der Waals surface area contributed by atoms with Gasteiger partial charge in [-0.1, -0.05) is 26.0 Å². The molecule has 0 spiro atoms. The molecule has 0 saturated heterocycles. The zero-order chi connectivity index (χ0) is 15.3. The molecule has 0 aliphatic rings. The van der Waals surface area contributed by atoms with Crippen molar-refractivity contribution in [2.45, 2.75) is 33.3 Å². The van der Waals surface area contributed by atoms with Crippen LogP contribution in [0.1, 0.15) is 33.3 Å². The van der Waals surface area contributed by atoms with Gasteiger partial charge in [0.15, 0.2) is 0 Å². The van der Waals surface area contributed by atoms with Crippen molar-refractivity contribution in [2.24, 2.45) is 5.92 Å². The van der Waals surface area contributed by atoms with Crippen molar-refractivity contribution in [3.8, 4) is 0 Å². The lowest BCUT2D eigenvalue weighted by atomic mass is 9.92. The van der Waals surface area contributed by atoms with E-state index in [0.29, 0.717) is 11.1 Å². The summed E-state index contributed by atoms with van der Waals surface area (Å²) >= 11 is 0. The van der Waals surface area contributed by atoms with E-state index in [2.05, 4.69) is 5.32 Å². The number of halogens is 1. The molecule has 1 unspecified atom stereocenters. The van der Waals surface area contributed by atoms with Gasteiger partial charge in [0, 0.05) is 12.6 Å². The second-order valence-corrected chi connectivity index (χ2v) is 5.57. The van der Waals surface area contributed by atoms with Crippen LogP contribution in [-0.2, 0) is 4.79 Å². The first-order chi connectivity index (χ1) is 9.22. The summed E-state index contributed by atoms with van der Waals surface area (Å²) in [5.74, 6) is -0.595. The minimum atomic E-state index is -0.948. The highest BCUT2D eigenvalue weighted by molar-refractivity contribution is 5.94. The molecule has 4 heteroatoms. The van der Waals surface area contributed by atoms with Crippen molar-refractivity contribution in [2.75, 3.05) is 6.54 Å². The molecule has 0 aliphatic heterocycles. The molecule has 2 N–H and O–H groups in total. The van der Waals surface area contributed by atoms with Crippen LogP contribution >= 0.6 is 0 Å². The number of carbonyl (C=O) groups is 1. The lowest BCUT2D eigenvalue weighted by Crippen LogP contribution is -2.43. The van der Waals surface area contributed by atoms with E-state index in [9.17, 15) is 14.3 Å². The summed E-state index contributed by atoms with van der Waals surface area (Å²) in [5, 5.41) is 12.7. The largest absolute Gasteiger partial charge is 0.388 e. The van der Waals surface area contributed by atoms with Gasteiger partial charge in [0.2, 0.25) is 5.91 Å². The van der Waals surface area contributed by atoms with Crippen molar-refractivity contribution < 1.29 is 14.3 Å². The predicted octanol–water partition coefficient (Wildman–Crippen LogP) is 2.75. The van der Waals surface area contributed by atoms with E-state index < -0.39 is 5.60 Å². The lowest BCUT2D eigenvalue weighted by molar-refractivity contribution is -0.118. The molecule has 0 aromatic heterocycles. The summed E-state index contributed by atoms with van der Waals surface area (Å²) in [6.07, 6.45) is 1.41. The summed E-state index contributed by atoms with van der Waals surface area (Å²) < 4.78 is 13.1. The number of hydrogen-bond acceptors (Lipinski definition) is 2. The van der Waals surface area contributed by atoms with Crippen LogP contribution in [0.15, 0.2) is 30.3 Å². The second kappa shape index (κ2) is 6.66. The third-order valence-electron chi connectivity index (χ3n) is 3.49. The van der Waals surface area contributed by atoms with Crippen LogP contribution in [0.5, 0.6) is 0 Å². The molecule has 1 aromatic rings. The SMILES string of the molecule is CC(=CC(=O)NCC(C)(O)C(C)C)c1cccc(F)c1. The predicted molar refractivity (Wildman–Crippen MR) is 78.5 cm³/mol. The molecule has 1 atom stereocenters. The average Bonchev–Trinajstić information content (AvgIpc) is 2.36. The number of amides is 1. The molecule has 0 radical (unpaired) electrons. The van der Waals surface area contributed by atoms with Crippen molar-refractivity contribution in [1.29, 1.82) is 0 Å².